The quantitative estimate of drug-likeness (QED) is 0.576. The molecule has 0 aliphatic carbocycles. The molecule has 0 saturated heterocycles. The van der Waals surface area contributed by atoms with E-state index in [4.69, 9.17) is 0 Å². The molecule has 1 aromatic heterocycles. The highest BCUT2D eigenvalue weighted by atomic mass is 32.1. The second-order valence-electron chi connectivity index (χ2n) is 1.89. The van der Waals surface area contributed by atoms with Crippen LogP contribution in [0.2, 0.25) is 0 Å². The van der Waals surface area contributed by atoms with Crippen molar-refractivity contribution in [3.63, 3.8) is 0 Å². The lowest BCUT2D eigenvalue weighted by atomic mass is 10.3. The van der Waals surface area contributed by atoms with Crippen molar-refractivity contribution in [2.45, 2.75) is 0 Å². The van der Waals surface area contributed by atoms with E-state index in [9.17, 15) is 5.11 Å². The fourth-order valence-corrected chi connectivity index (χ4v) is 1.32. The number of hydrogen-bond donors (Lipinski definition) is 0. The molecular weight excluding hydrogens is 148 g/mol. The van der Waals surface area contributed by atoms with Gasteiger partial charge in [-0.3, -0.25) is 5.11 Å². The molecule has 1 radical (unpaired) electrons. The van der Waals surface area contributed by atoms with Gasteiger partial charge in [0.1, 0.15) is 5.52 Å². The summed E-state index contributed by atoms with van der Waals surface area (Å²) in [5, 5.41) is 10.9. The van der Waals surface area contributed by atoms with Gasteiger partial charge >= 0.3 is 0 Å². The molecule has 4 heteroatoms. The zero-order valence-electron chi connectivity index (χ0n) is 4.94. The molecule has 0 spiro atoms. The van der Waals surface area contributed by atoms with Gasteiger partial charge in [0.05, 0.1) is 11.7 Å². The average Bonchev–Trinajstić information content (AvgIpc) is 2.36. The monoisotopic (exact) mass is 151 g/mol. The third-order valence-electron chi connectivity index (χ3n) is 1.25. The topological polar surface area (TPSA) is 45.7 Å². The first-order valence-electron chi connectivity index (χ1n) is 2.76. The molecule has 49 valence electrons. The van der Waals surface area contributed by atoms with Gasteiger partial charge in [0.2, 0.25) is 5.75 Å². The highest BCUT2D eigenvalue weighted by Crippen LogP contribution is 2.21. The van der Waals surface area contributed by atoms with E-state index >= 15 is 0 Å². The fourth-order valence-electron chi connectivity index (χ4n) is 0.781. The molecule has 1 aromatic carbocycles. The van der Waals surface area contributed by atoms with E-state index in [0.29, 0.717) is 11.0 Å². The molecule has 0 bridgehead atoms. The third kappa shape index (κ3) is 0.657. The Hall–Kier alpha value is -1.16. The lowest BCUT2D eigenvalue weighted by Gasteiger charge is -1.83. The molecular formula is C6H3N2OS. The van der Waals surface area contributed by atoms with Crippen LogP contribution in [-0.4, -0.2) is 8.75 Å². The molecule has 2 rings (SSSR count). The summed E-state index contributed by atoms with van der Waals surface area (Å²) in [7, 11) is 0. The van der Waals surface area contributed by atoms with Crippen LogP contribution in [0.3, 0.4) is 0 Å². The minimum atomic E-state index is -0.0498. The van der Waals surface area contributed by atoms with E-state index in [0.717, 1.165) is 11.7 Å². The molecule has 10 heavy (non-hydrogen) atoms. The molecule has 0 atom stereocenters. The van der Waals surface area contributed by atoms with Crippen LogP contribution in [0.5, 0.6) is 5.75 Å². The SMILES string of the molecule is [O]c1cccc2nsnc12. The summed E-state index contributed by atoms with van der Waals surface area (Å²) in [4.78, 5) is 0. The van der Waals surface area contributed by atoms with E-state index < -0.39 is 0 Å². The summed E-state index contributed by atoms with van der Waals surface area (Å²) in [6, 6.07) is 4.95. The van der Waals surface area contributed by atoms with Crippen molar-refractivity contribution in [1.29, 1.82) is 0 Å². The van der Waals surface area contributed by atoms with E-state index in [1.165, 1.54) is 6.07 Å². The predicted octanol–water partition coefficient (Wildman–Crippen LogP) is 1.84. The van der Waals surface area contributed by atoms with Crippen molar-refractivity contribution >= 4 is 22.8 Å². The molecule has 0 amide bonds. The number of nitrogens with zero attached hydrogens (tertiary/aromatic N) is 2. The predicted molar refractivity (Wildman–Crippen MR) is 37.5 cm³/mol. The number of rotatable bonds is 0. The molecule has 0 saturated carbocycles. The summed E-state index contributed by atoms with van der Waals surface area (Å²) in [5.74, 6) is -0.0498. The lowest BCUT2D eigenvalue weighted by molar-refractivity contribution is 0.359. The first-order chi connectivity index (χ1) is 4.88. The number of benzene rings is 1. The van der Waals surface area contributed by atoms with Crippen LogP contribution in [0.15, 0.2) is 18.2 Å². The summed E-state index contributed by atoms with van der Waals surface area (Å²) in [6.07, 6.45) is 0. The number of hydrogen-bond acceptors (Lipinski definition) is 3. The smallest absolute Gasteiger partial charge is 0.207 e. The Bertz CT molecular complexity index is 357. The Morgan fingerprint density at radius 3 is 3.00 bits per heavy atom. The van der Waals surface area contributed by atoms with E-state index in [1.54, 1.807) is 12.1 Å². The lowest BCUT2D eigenvalue weighted by Crippen LogP contribution is -1.67. The highest BCUT2D eigenvalue weighted by Gasteiger charge is 2.02. The molecule has 3 nitrogen and oxygen atoms in total. The molecule has 0 aliphatic rings. The van der Waals surface area contributed by atoms with Crippen molar-refractivity contribution in [2.75, 3.05) is 0 Å². The highest BCUT2D eigenvalue weighted by molar-refractivity contribution is 7.00. The van der Waals surface area contributed by atoms with Crippen molar-refractivity contribution < 1.29 is 5.11 Å². The van der Waals surface area contributed by atoms with Crippen LogP contribution in [0.4, 0.5) is 0 Å². The summed E-state index contributed by atoms with van der Waals surface area (Å²) >= 11 is 1.07. The second kappa shape index (κ2) is 1.91. The zero-order chi connectivity index (χ0) is 6.97. The van der Waals surface area contributed by atoms with Crippen molar-refractivity contribution in [2.24, 2.45) is 0 Å². The molecule has 1 heterocycles. The molecule has 0 aliphatic heterocycles. The van der Waals surface area contributed by atoms with Crippen LogP contribution in [0.1, 0.15) is 0 Å². The van der Waals surface area contributed by atoms with Gasteiger partial charge in [0.25, 0.3) is 0 Å². The second-order valence-corrected chi connectivity index (χ2v) is 2.42. The first-order valence-corrected chi connectivity index (χ1v) is 3.49. The van der Waals surface area contributed by atoms with Crippen LogP contribution in [0.25, 0.3) is 11.0 Å². The fraction of sp³-hybridized carbons (Fsp3) is 0. The van der Waals surface area contributed by atoms with Gasteiger partial charge in [0, 0.05) is 0 Å². The maximum Gasteiger partial charge on any atom is 0.207 e. The minimum absolute atomic E-state index is 0.0498. The largest absolute Gasteiger partial charge is 0.287 e. The van der Waals surface area contributed by atoms with Gasteiger partial charge in [-0.05, 0) is 12.1 Å². The van der Waals surface area contributed by atoms with Crippen molar-refractivity contribution in [3.8, 4) is 5.75 Å². The van der Waals surface area contributed by atoms with Crippen molar-refractivity contribution in [3.05, 3.63) is 18.2 Å². The summed E-state index contributed by atoms with van der Waals surface area (Å²) in [5.41, 5.74) is 1.17. The molecule has 2 aromatic rings. The van der Waals surface area contributed by atoms with Gasteiger partial charge < -0.3 is 0 Å². The Morgan fingerprint density at radius 2 is 2.20 bits per heavy atom. The van der Waals surface area contributed by atoms with Gasteiger partial charge in [-0.15, -0.1) is 0 Å². The molecule has 0 N–H and O–H groups in total. The Kier molecular flexibility index (Phi) is 1.07. The Balaban J connectivity index is 2.95. The Morgan fingerprint density at radius 1 is 1.30 bits per heavy atom. The number of aromatic nitrogens is 2. The van der Waals surface area contributed by atoms with Gasteiger partial charge in [-0.25, -0.2) is 0 Å². The van der Waals surface area contributed by atoms with Crippen molar-refractivity contribution in [1.82, 2.24) is 8.75 Å². The summed E-state index contributed by atoms with van der Waals surface area (Å²) < 4.78 is 7.75. The average molecular weight is 151 g/mol. The third-order valence-corrected chi connectivity index (χ3v) is 1.79. The van der Waals surface area contributed by atoms with Gasteiger partial charge in [-0.1, -0.05) is 6.07 Å². The van der Waals surface area contributed by atoms with Crippen LogP contribution in [-0.2, 0) is 5.11 Å². The van der Waals surface area contributed by atoms with Crippen LogP contribution < -0.4 is 0 Å². The van der Waals surface area contributed by atoms with Crippen LogP contribution in [0, 0.1) is 0 Å². The summed E-state index contributed by atoms with van der Waals surface area (Å²) in [6.45, 7) is 0. The molecule has 0 fully saturated rings. The maximum absolute atomic E-state index is 10.9. The zero-order valence-corrected chi connectivity index (χ0v) is 5.76. The van der Waals surface area contributed by atoms with Gasteiger partial charge in [-0.2, -0.15) is 8.75 Å². The normalized spacial score (nSPS) is 10.4. The maximum atomic E-state index is 10.9. The Labute approximate surface area is 61.3 Å². The number of fused-ring (bicyclic) bond motifs is 1. The first kappa shape index (κ1) is 5.61. The van der Waals surface area contributed by atoms with Crippen LogP contribution >= 0.6 is 11.7 Å². The molecule has 0 unspecified atom stereocenters. The van der Waals surface area contributed by atoms with Gasteiger partial charge in [0.15, 0.2) is 5.52 Å². The van der Waals surface area contributed by atoms with E-state index in [1.807, 2.05) is 0 Å². The minimum Gasteiger partial charge on any atom is -0.287 e. The standard InChI is InChI=1S/C6H3N2OS/c9-5-3-1-2-4-6(5)8-10-7-4/h1-3H. The van der Waals surface area contributed by atoms with E-state index in [2.05, 4.69) is 8.75 Å². The van der Waals surface area contributed by atoms with E-state index in [-0.39, 0.29) is 5.75 Å².